The van der Waals surface area contributed by atoms with Gasteiger partial charge in [0.15, 0.2) is 0 Å². The Hall–Kier alpha value is -0.540. The molecule has 2 atom stereocenters. The molecular weight excluding hydrogens is 259 g/mol. The molecule has 0 heterocycles. The molecule has 92 valence electrons. The van der Waals surface area contributed by atoms with Crippen LogP contribution in [0.25, 0.3) is 0 Å². The molecule has 0 saturated carbocycles. The fraction of sp³-hybridized carbons (Fsp3) is 0.385. The molecule has 2 rings (SSSR count). The van der Waals surface area contributed by atoms with E-state index >= 15 is 0 Å². The van der Waals surface area contributed by atoms with Gasteiger partial charge in [0.2, 0.25) is 0 Å². The summed E-state index contributed by atoms with van der Waals surface area (Å²) in [6.07, 6.45) is 11.3. The standard InChI is InChI=1S/C13H14Cl2O2/c14-10-3-1-5-12(16,7-10)9-13(17)6-2-4-11(15)8-13/h1-4,7-8,16-17H,5-6,9H2/t12-,13-/m0/s1. The van der Waals surface area contributed by atoms with Gasteiger partial charge >= 0.3 is 0 Å². The first-order chi connectivity index (χ1) is 7.91. The third kappa shape index (κ3) is 3.23. The smallest absolute Gasteiger partial charge is 0.0909 e. The van der Waals surface area contributed by atoms with Gasteiger partial charge in [-0.15, -0.1) is 0 Å². The van der Waals surface area contributed by atoms with E-state index in [-0.39, 0.29) is 6.42 Å². The maximum Gasteiger partial charge on any atom is 0.0909 e. The van der Waals surface area contributed by atoms with Crippen LogP contribution in [0.2, 0.25) is 0 Å². The minimum atomic E-state index is -1.11. The molecule has 0 bridgehead atoms. The van der Waals surface area contributed by atoms with Crippen LogP contribution in [0.4, 0.5) is 0 Å². The summed E-state index contributed by atoms with van der Waals surface area (Å²) in [6, 6.07) is 0. The van der Waals surface area contributed by atoms with Gasteiger partial charge in [0.05, 0.1) is 11.2 Å². The average Bonchev–Trinajstić information content (AvgIpc) is 2.14. The second-order valence-electron chi connectivity index (χ2n) is 4.66. The fourth-order valence-electron chi connectivity index (χ4n) is 2.26. The summed E-state index contributed by atoms with van der Waals surface area (Å²) in [5.41, 5.74) is -2.22. The largest absolute Gasteiger partial charge is 0.385 e. The predicted molar refractivity (Wildman–Crippen MR) is 69.9 cm³/mol. The number of hydrogen-bond donors (Lipinski definition) is 2. The fourth-order valence-corrected chi connectivity index (χ4v) is 2.84. The normalized spacial score (nSPS) is 36.7. The van der Waals surface area contributed by atoms with E-state index in [1.54, 1.807) is 36.5 Å². The molecular formula is C13H14Cl2O2. The molecule has 2 aliphatic rings. The highest BCUT2D eigenvalue weighted by Crippen LogP contribution is 2.36. The quantitative estimate of drug-likeness (QED) is 0.812. The molecule has 0 spiro atoms. The van der Waals surface area contributed by atoms with Crippen LogP contribution in [-0.2, 0) is 0 Å². The Kier molecular flexibility index (Phi) is 3.50. The van der Waals surface area contributed by atoms with Gasteiger partial charge in [-0.2, -0.15) is 0 Å². The van der Waals surface area contributed by atoms with E-state index in [9.17, 15) is 10.2 Å². The highest BCUT2D eigenvalue weighted by atomic mass is 35.5. The Bertz CT molecular complexity index is 397. The monoisotopic (exact) mass is 272 g/mol. The lowest BCUT2D eigenvalue weighted by molar-refractivity contribution is -0.0104. The zero-order chi connectivity index (χ0) is 12.5. The lowest BCUT2D eigenvalue weighted by Gasteiger charge is -2.35. The van der Waals surface area contributed by atoms with Crippen LogP contribution in [0.3, 0.4) is 0 Å². The van der Waals surface area contributed by atoms with E-state index in [1.165, 1.54) is 0 Å². The number of hydrogen-bond acceptors (Lipinski definition) is 2. The van der Waals surface area contributed by atoms with Crippen molar-refractivity contribution in [2.45, 2.75) is 30.5 Å². The van der Waals surface area contributed by atoms with E-state index in [0.29, 0.717) is 22.9 Å². The van der Waals surface area contributed by atoms with Crippen molar-refractivity contribution < 1.29 is 10.2 Å². The minimum Gasteiger partial charge on any atom is -0.385 e. The molecule has 0 unspecified atom stereocenters. The van der Waals surface area contributed by atoms with Gasteiger partial charge in [-0.05, 0) is 37.1 Å². The van der Waals surface area contributed by atoms with Crippen molar-refractivity contribution in [3.05, 3.63) is 46.5 Å². The molecule has 0 aliphatic heterocycles. The first-order valence-corrected chi connectivity index (χ1v) is 6.21. The van der Waals surface area contributed by atoms with Crippen LogP contribution in [0.1, 0.15) is 19.3 Å². The molecule has 4 heteroatoms. The Labute approximate surface area is 111 Å². The second kappa shape index (κ2) is 4.62. The van der Waals surface area contributed by atoms with Gasteiger partial charge in [-0.25, -0.2) is 0 Å². The molecule has 2 N–H and O–H groups in total. The van der Waals surface area contributed by atoms with Gasteiger partial charge in [0, 0.05) is 16.5 Å². The Morgan fingerprint density at radius 3 is 1.71 bits per heavy atom. The minimum absolute atomic E-state index is 0.182. The summed E-state index contributed by atoms with van der Waals surface area (Å²) in [5.74, 6) is 0. The van der Waals surface area contributed by atoms with Crippen LogP contribution in [0, 0.1) is 0 Å². The van der Waals surface area contributed by atoms with E-state index < -0.39 is 11.2 Å². The van der Waals surface area contributed by atoms with Gasteiger partial charge < -0.3 is 10.2 Å². The van der Waals surface area contributed by atoms with Crippen molar-refractivity contribution in [2.75, 3.05) is 0 Å². The lowest BCUT2D eigenvalue weighted by Crippen LogP contribution is -2.40. The first kappa shape index (κ1) is 12.9. The SMILES string of the molecule is O[C@]1(C[C@@]2(O)C=C(Cl)C=CC2)C=C(Cl)C=CC1. The van der Waals surface area contributed by atoms with Crippen molar-refractivity contribution in [1.29, 1.82) is 0 Å². The molecule has 0 fully saturated rings. The van der Waals surface area contributed by atoms with Gasteiger partial charge in [0.1, 0.15) is 0 Å². The van der Waals surface area contributed by atoms with Crippen molar-refractivity contribution in [2.24, 2.45) is 0 Å². The molecule has 2 aliphatic carbocycles. The Morgan fingerprint density at radius 1 is 0.941 bits per heavy atom. The lowest BCUT2D eigenvalue weighted by atomic mass is 9.80. The van der Waals surface area contributed by atoms with Crippen LogP contribution in [-0.4, -0.2) is 21.4 Å². The second-order valence-corrected chi connectivity index (χ2v) is 5.53. The van der Waals surface area contributed by atoms with E-state index in [0.717, 1.165) is 0 Å². The molecule has 0 amide bonds. The van der Waals surface area contributed by atoms with Gasteiger partial charge in [-0.3, -0.25) is 0 Å². The van der Waals surface area contributed by atoms with E-state index in [4.69, 9.17) is 23.2 Å². The molecule has 0 aromatic rings. The van der Waals surface area contributed by atoms with E-state index in [1.807, 2.05) is 0 Å². The van der Waals surface area contributed by atoms with Crippen LogP contribution >= 0.6 is 23.2 Å². The summed E-state index contributed by atoms with van der Waals surface area (Å²) < 4.78 is 0. The van der Waals surface area contributed by atoms with Crippen LogP contribution in [0.5, 0.6) is 0 Å². The summed E-state index contributed by atoms with van der Waals surface area (Å²) in [6.45, 7) is 0. The van der Waals surface area contributed by atoms with Crippen molar-refractivity contribution in [1.82, 2.24) is 0 Å². The highest BCUT2D eigenvalue weighted by Gasteiger charge is 2.37. The zero-order valence-electron chi connectivity index (χ0n) is 9.24. The summed E-state index contributed by atoms with van der Waals surface area (Å²) in [5, 5.41) is 21.7. The predicted octanol–water partition coefficient (Wildman–Crippen LogP) is 3.00. The average molecular weight is 273 g/mol. The maximum atomic E-state index is 10.4. The number of aliphatic hydroxyl groups is 2. The van der Waals surface area contributed by atoms with Crippen molar-refractivity contribution in [3.63, 3.8) is 0 Å². The number of rotatable bonds is 2. The third-order valence-electron chi connectivity index (χ3n) is 2.92. The molecule has 2 nitrogen and oxygen atoms in total. The summed E-state index contributed by atoms with van der Waals surface area (Å²) >= 11 is 11.7. The molecule has 0 radical (unpaired) electrons. The summed E-state index contributed by atoms with van der Waals surface area (Å²) in [7, 11) is 0. The molecule has 0 aromatic heterocycles. The first-order valence-electron chi connectivity index (χ1n) is 5.45. The van der Waals surface area contributed by atoms with Crippen molar-refractivity contribution in [3.8, 4) is 0 Å². The van der Waals surface area contributed by atoms with Crippen LogP contribution < -0.4 is 0 Å². The van der Waals surface area contributed by atoms with Gasteiger partial charge in [-0.1, -0.05) is 35.4 Å². The number of halogens is 2. The molecule has 17 heavy (non-hydrogen) atoms. The van der Waals surface area contributed by atoms with Gasteiger partial charge in [0.25, 0.3) is 0 Å². The van der Waals surface area contributed by atoms with E-state index in [2.05, 4.69) is 0 Å². The molecule has 0 saturated heterocycles. The van der Waals surface area contributed by atoms with Crippen molar-refractivity contribution >= 4 is 23.2 Å². The molecule has 0 aromatic carbocycles. The topological polar surface area (TPSA) is 40.5 Å². The number of allylic oxidation sites excluding steroid dienone is 4. The Morgan fingerprint density at radius 2 is 1.35 bits per heavy atom. The Balaban J connectivity index is 2.16. The zero-order valence-corrected chi connectivity index (χ0v) is 10.7. The maximum absolute atomic E-state index is 10.4. The summed E-state index contributed by atoms with van der Waals surface area (Å²) in [4.78, 5) is 0. The highest BCUT2D eigenvalue weighted by molar-refractivity contribution is 6.31. The third-order valence-corrected chi connectivity index (χ3v) is 3.39. The van der Waals surface area contributed by atoms with Crippen LogP contribution in [0.15, 0.2) is 46.5 Å².